The zero-order valence-electron chi connectivity index (χ0n) is 22.3. The van der Waals surface area contributed by atoms with Gasteiger partial charge < -0.3 is 5.11 Å². The van der Waals surface area contributed by atoms with Crippen LogP contribution in [-0.2, 0) is 9.59 Å². The molecular weight excluding hydrogens is 488 g/mol. The Morgan fingerprint density at radius 1 is 0.971 bits per heavy atom. The molecule has 5 aliphatic carbocycles. The number of carbonyl (C=O) groups excluding carboxylic acids is 1. The molecule has 3 nitrogen and oxygen atoms in total. The van der Waals surface area contributed by atoms with E-state index in [0.717, 1.165) is 32.1 Å². The molecule has 0 aromatic rings. The van der Waals surface area contributed by atoms with Gasteiger partial charge in [-0.1, -0.05) is 63.0 Å². The predicted molar refractivity (Wildman–Crippen MR) is 140 cm³/mol. The maximum Gasteiger partial charge on any atom is 0.310 e. The number of hydrogen-bond donors (Lipinski definition) is 1. The first-order valence-electron chi connectivity index (χ1n) is 13.8. The fourth-order valence-electron chi connectivity index (χ4n) is 10.6. The molecule has 190 valence electrons. The van der Waals surface area contributed by atoms with Crippen molar-refractivity contribution >= 4 is 27.7 Å². The van der Waals surface area contributed by atoms with Crippen LogP contribution in [0.5, 0.6) is 0 Å². The summed E-state index contributed by atoms with van der Waals surface area (Å²) >= 11 is 3.76. The summed E-state index contributed by atoms with van der Waals surface area (Å²) in [6.07, 6.45) is 10.7. The minimum atomic E-state index is -0.835. The van der Waals surface area contributed by atoms with Crippen LogP contribution < -0.4 is 0 Å². The van der Waals surface area contributed by atoms with E-state index in [1.165, 1.54) is 24.8 Å². The van der Waals surface area contributed by atoms with E-state index in [1.54, 1.807) is 0 Å². The summed E-state index contributed by atoms with van der Waals surface area (Å²) in [6.45, 7) is 16.5. The molecule has 0 amide bonds. The van der Waals surface area contributed by atoms with Crippen molar-refractivity contribution in [2.45, 2.75) is 105 Å². The number of rotatable bonds is 1. The molecule has 11 atom stereocenters. The van der Waals surface area contributed by atoms with Crippen molar-refractivity contribution in [1.82, 2.24) is 0 Å². The van der Waals surface area contributed by atoms with E-state index in [4.69, 9.17) is 0 Å². The Kier molecular flexibility index (Phi) is 5.48. The topological polar surface area (TPSA) is 54.4 Å². The number of ketones is 1. The lowest BCUT2D eigenvalue weighted by molar-refractivity contribution is -0.195. The number of halogens is 1. The molecule has 4 fully saturated rings. The summed E-state index contributed by atoms with van der Waals surface area (Å²) in [4.78, 5) is 26.9. The fraction of sp³-hybridized carbons (Fsp3) is 0.867. The van der Waals surface area contributed by atoms with Crippen molar-refractivity contribution < 1.29 is 14.7 Å². The first-order valence-corrected chi connectivity index (χ1v) is 14.7. The van der Waals surface area contributed by atoms with Crippen LogP contribution in [-0.4, -0.2) is 21.7 Å². The van der Waals surface area contributed by atoms with Gasteiger partial charge in [0.25, 0.3) is 0 Å². The second-order valence-electron chi connectivity index (χ2n) is 14.4. The number of carboxylic acid groups (broad SMARTS) is 1. The molecule has 0 saturated heterocycles. The number of hydrogen-bond acceptors (Lipinski definition) is 2. The summed E-state index contributed by atoms with van der Waals surface area (Å²) in [5, 5.41) is 10.4. The Morgan fingerprint density at radius 3 is 2.29 bits per heavy atom. The van der Waals surface area contributed by atoms with E-state index >= 15 is 0 Å². The van der Waals surface area contributed by atoms with Crippen molar-refractivity contribution in [3.63, 3.8) is 0 Å². The molecule has 3 unspecified atom stereocenters. The van der Waals surface area contributed by atoms with Crippen LogP contribution in [0.25, 0.3) is 0 Å². The lowest BCUT2D eigenvalue weighted by Gasteiger charge is -2.70. The molecule has 0 heterocycles. The monoisotopic (exact) mass is 532 g/mol. The average molecular weight is 534 g/mol. The maximum atomic E-state index is 14.3. The Hall–Kier alpha value is -0.640. The Morgan fingerprint density at radius 2 is 1.65 bits per heavy atom. The average Bonchev–Trinajstić information content (AvgIpc) is 2.75. The predicted octanol–water partition coefficient (Wildman–Crippen LogP) is 7.67. The number of aliphatic carboxylic acids is 1. The third-order valence-electron chi connectivity index (χ3n) is 13.2. The zero-order chi connectivity index (χ0) is 25.1. The fourth-order valence-corrected chi connectivity index (χ4v) is 11.4. The number of fused-ring (bicyclic) bond motifs is 7. The van der Waals surface area contributed by atoms with Gasteiger partial charge in [-0.05, 0) is 110 Å². The van der Waals surface area contributed by atoms with Crippen LogP contribution in [0.4, 0.5) is 0 Å². The lowest BCUT2D eigenvalue weighted by Crippen LogP contribution is -2.67. The summed E-state index contributed by atoms with van der Waals surface area (Å²) < 4.78 is 0. The van der Waals surface area contributed by atoms with Gasteiger partial charge in [-0.2, -0.15) is 0 Å². The largest absolute Gasteiger partial charge is 0.481 e. The standard InChI is InChI=1S/C30H45BrO3/c1-17-8-11-26(3)14-15-28(5)19(23(26)18(17)2)16-20(32)24-27(4)12-10-22(31)30(7,25(33)34)21(27)9-13-29(24,28)6/h16-18,21-24H,8-15H2,1-7H3,(H,33,34)/t17-,18+,21?,22+,23?,24?,26-,27+,28-,29-,30-/m1/s1. The van der Waals surface area contributed by atoms with Gasteiger partial charge in [-0.25, -0.2) is 0 Å². The molecule has 1 N–H and O–H groups in total. The molecule has 0 spiro atoms. The van der Waals surface area contributed by atoms with E-state index in [9.17, 15) is 14.7 Å². The first kappa shape index (κ1) is 25.0. The molecule has 4 saturated carbocycles. The summed E-state index contributed by atoms with van der Waals surface area (Å²) in [6, 6.07) is 0. The molecule has 0 aromatic carbocycles. The molecule has 0 aliphatic heterocycles. The smallest absolute Gasteiger partial charge is 0.310 e. The minimum absolute atomic E-state index is 0.0127. The van der Waals surface area contributed by atoms with E-state index in [2.05, 4.69) is 63.5 Å². The maximum absolute atomic E-state index is 14.3. The molecule has 0 aromatic heterocycles. The molecule has 5 aliphatic rings. The van der Waals surface area contributed by atoms with Crippen LogP contribution in [0.1, 0.15) is 99.8 Å². The Balaban J connectivity index is 1.65. The molecule has 5 rings (SSSR count). The highest BCUT2D eigenvalue weighted by atomic mass is 79.9. The SMILES string of the molecule is C[C@@H]1CC[C@]2(C)CC[C@]3(C)C(=CC(=O)C4[C@@]5(C)CC[C@H](Br)[C@](C)(C(=O)O)C5CC[C@]43C)C2[C@H]1C. The van der Waals surface area contributed by atoms with Crippen molar-refractivity contribution in [3.05, 3.63) is 11.6 Å². The number of alkyl halides is 1. The van der Waals surface area contributed by atoms with Crippen LogP contribution in [0.2, 0.25) is 0 Å². The van der Waals surface area contributed by atoms with E-state index < -0.39 is 11.4 Å². The van der Waals surface area contributed by atoms with Crippen LogP contribution in [0.3, 0.4) is 0 Å². The number of carbonyl (C=O) groups is 2. The van der Waals surface area contributed by atoms with Gasteiger partial charge in [0.05, 0.1) is 5.41 Å². The van der Waals surface area contributed by atoms with Gasteiger partial charge in [0, 0.05) is 10.7 Å². The summed E-state index contributed by atoms with van der Waals surface area (Å²) in [7, 11) is 0. The van der Waals surface area contributed by atoms with Crippen LogP contribution >= 0.6 is 15.9 Å². The molecular formula is C30H45BrO3. The third kappa shape index (κ3) is 2.81. The quantitative estimate of drug-likeness (QED) is 0.352. The van der Waals surface area contributed by atoms with Gasteiger partial charge >= 0.3 is 5.97 Å². The first-order chi connectivity index (χ1) is 15.7. The van der Waals surface area contributed by atoms with Crippen molar-refractivity contribution in [3.8, 4) is 0 Å². The second-order valence-corrected chi connectivity index (χ2v) is 15.5. The second kappa shape index (κ2) is 7.45. The summed E-state index contributed by atoms with van der Waals surface area (Å²) in [5.74, 6) is 1.30. The van der Waals surface area contributed by atoms with Gasteiger partial charge in [0.1, 0.15) is 0 Å². The Labute approximate surface area is 215 Å². The molecule has 4 heteroatoms. The van der Waals surface area contributed by atoms with E-state index in [0.29, 0.717) is 29.0 Å². The molecule has 0 radical (unpaired) electrons. The van der Waals surface area contributed by atoms with Gasteiger partial charge in [-0.15, -0.1) is 0 Å². The highest BCUT2D eigenvalue weighted by Crippen LogP contribution is 2.75. The normalized spacial score (nSPS) is 56.9. The summed E-state index contributed by atoms with van der Waals surface area (Å²) in [5.41, 5.74) is 0.551. The van der Waals surface area contributed by atoms with Crippen LogP contribution in [0.15, 0.2) is 11.6 Å². The number of allylic oxidation sites excluding steroid dienone is 2. The lowest BCUT2D eigenvalue weighted by atomic mass is 9.33. The van der Waals surface area contributed by atoms with Gasteiger partial charge in [-0.3, -0.25) is 9.59 Å². The Bertz CT molecular complexity index is 957. The minimum Gasteiger partial charge on any atom is -0.481 e. The van der Waals surface area contributed by atoms with Gasteiger partial charge in [0.15, 0.2) is 5.78 Å². The molecule has 0 bridgehead atoms. The van der Waals surface area contributed by atoms with E-state index in [-0.39, 0.29) is 32.9 Å². The highest BCUT2D eigenvalue weighted by molar-refractivity contribution is 9.09. The number of carboxylic acids is 1. The van der Waals surface area contributed by atoms with Crippen molar-refractivity contribution in [2.75, 3.05) is 0 Å². The van der Waals surface area contributed by atoms with Crippen LogP contribution in [0, 0.1) is 56.7 Å². The zero-order valence-corrected chi connectivity index (χ0v) is 23.9. The van der Waals surface area contributed by atoms with Gasteiger partial charge in [0.2, 0.25) is 0 Å². The van der Waals surface area contributed by atoms with Crippen molar-refractivity contribution in [1.29, 1.82) is 0 Å². The highest BCUT2D eigenvalue weighted by Gasteiger charge is 2.71. The third-order valence-corrected chi connectivity index (χ3v) is 14.6. The molecule has 34 heavy (non-hydrogen) atoms. The van der Waals surface area contributed by atoms with Crippen molar-refractivity contribution in [2.24, 2.45) is 56.7 Å². The van der Waals surface area contributed by atoms with E-state index in [1.807, 2.05) is 6.92 Å².